The quantitative estimate of drug-likeness (QED) is 0.617. The maximum Gasteiger partial charge on any atom is 0.205 e. The van der Waals surface area contributed by atoms with E-state index in [0.29, 0.717) is 0 Å². The first kappa shape index (κ1) is 8.09. The van der Waals surface area contributed by atoms with Gasteiger partial charge < -0.3 is 4.55 Å². The molecule has 0 saturated carbocycles. The van der Waals surface area contributed by atoms with E-state index in [1.165, 1.54) is 6.20 Å². The molecule has 1 unspecified atom stereocenters. The molecule has 1 rings (SSSR count). The molecule has 0 aliphatic rings. The minimum atomic E-state index is -1.96. The molecular weight excluding hydrogens is 265 g/mol. The zero-order chi connectivity index (χ0) is 7.56. The predicted octanol–water partition coefficient (Wildman–Crippen LogP) is 1.27. The highest BCUT2D eigenvalue weighted by molar-refractivity contribution is 14.1. The van der Waals surface area contributed by atoms with Crippen molar-refractivity contribution in [2.75, 3.05) is 0 Å². The third-order valence-corrected chi connectivity index (χ3v) is 2.13. The number of aromatic nitrogens is 1. The van der Waals surface area contributed by atoms with Crippen LogP contribution in [0.1, 0.15) is 0 Å². The van der Waals surface area contributed by atoms with E-state index in [-0.39, 0.29) is 5.03 Å². The maximum absolute atomic E-state index is 10.4. The highest BCUT2D eigenvalue weighted by Gasteiger charge is 1.99. The number of rotatable bonds is 1. The van der Waals surface area contributed by atoms with Gasteiger partial charge in [-0.15, -0.1) is 0 Å². The van der Waals surface area contributed by atoms with Gasteiger partial charge in [0.25, 0.3) is 0 Å². The van der Waals surface area contributed by atoms with E-state index in [0.717, 1.165) is 3.57 Å². The van der Waals surface area contributed by atoms with E-state index in [4.69, 9.17) is 4.55 Å². The third kappa shape index (κ3) is 1.99. The summed E-state index contributed by atoms with van der Waals surface area (Å²) in [6.45, 7) is 0. The first-order chi connectivity index (χ1) is 4.70. The van der Waals surface area contributed by atoms with Crippen molar-refractivity contribution in [1.82, 2.24) is 4.98 Å². The summed E-state index contributed by atoms with van der Waals surface area (Å²) < 4.78 is 19.9. The second kappa shape index (κ2) is 3.40. The fraction of sp³-hybridized carbons (Fsp3) is 0. The molecule has 54 valence electrons. The van der Waals surface area contributed by atoms with Gasteiger partial charge in [-0.1, -0.05) is 0 Å². The molecule has 0 aliphatic carbocycles. The highest BCUT2D eigenvalue weighted by Crippen LogP contribution is 2.06. The highest BCUT2D eigenvalue weighted by atomic mass is 127. The molecule has 0 aliphatic heterocycles. The second-order valence-electron chi connectivity index (χ2n) is 1.56. The van der Waals surface area contributed by atoms with E-state index < -0.39 is 11.1 Å². The third-order valence-electron chi connectivity index (χ3n) is 0.876. The molecule has 0 radical (unpaired) electrons. The van der Waals surface area contributed by atoms with Gasteiger partial charge >= 0.3 is 0 Å². The molecule has 5 heteroatoms. The number of nitrogens with zero attached hydrogens (tertiary/aromatic N) is 1. The van der Waals surface area contributed by atoms with Gasteiger partial charge in [-0.05, 0) is 34.7 Å². The Morgan fingerprint density at radius 3 is 2.80 bits per heavy atom. The lowest BCUT2D eigenvalue weighted by Crippen LogP contribution is -1.91. The molecule has 0 bridgehead atoms. The van der Waals surface area contributed by atoms with Crippen molar-refractivity contribution in [3.05, 3.63) is 21.9 Å². The van der Waals surface area contributed by atoms with Crippen molar-refractivity contribution in [1.29, 1.82) is 0 Å². The molecule has 0 saturated heterocycles. The van der Waals surface area contributed by atoms with Crippen LogP contribution in [0.15, 0.2) is 23.4 Å². The van der Waals surface area contributed by atoms with Crippen molar-refractivity contribution in [3.8, 4) is 0 Å². The molecule has 1 heterocycles. The molecule has 10 heavy (non-hydrogen) atoms. The Morgan fingerprint density at radius 2 is 2.40 bits per heavy atom. The molecule has 0 amide bonds. The topological polar surface area (TPSA) is 50.2 Å². The summed E-state index contributed by atoms with van der Waals surface area (Å²) in [7, 11) is 0. The van der Waals surface area contributed by atoms with Crippen molar-refractivity contribution < 1.29 is 8.76 Å². The average Bonchev–Trinajstić information content (AvgIpc) is 1.88. The largest absolute Gasteiger partial charge is 0.301 e. The lowest BCUT2D eigenvalue weighted by molar-refractivity contribution is 0.560. The Labute approximate surface area is 74.3 Å². The van der Waals surface area contributed by atoms with Gasteiger partial charge in [-0.2, -0.15) is 0 Å². The van der Waals surface area contributed by atoms with E-state index >= 15 is 0 Å². The Bertz CT molecular complexity index is 266. The van der Waals surface area contributed by atoms with Crippen LogP contribution in [-0.4, -0.2) is 13.7 Å². The van der Waals surface area contributed by atoms with Gasteiger partial charge in [0.2, 0.25) is 11.1 Å². The summed E-state index contributed by atoms with van der Waals surface area (Å²) in [5.74, 6) is 0. The molecule has 0 fully saturated rings. The molecule has 3 nitrogen and oxygen atoms in total. The monoisotopic (exact) mass is 269 g/mol. The van der Waals surface area contributed by atoms with E-state index in [9.17, 15) is 4.21 Å². The number of hydrogen-bond donors (Lipinski definition) is 1. The maximum atomic E-state index is 10.4. The van der Waals surface area contributed by atoms with E-state index in [1.807, 2.05) is 0 Å². The molecule has 1 aromatic heterocycles. The van der Waals surface area contributed by atoms with Crippen LogP contribution in [0.25, 0.3) is 0 Å². The van der Waals surface area contributed by atoms with Gasteiger partial charge in [-0.3, -0.25) is 0 Å². The van der Waals surface area contributed by atoms with Crippen LogP contribution in [0.3, 0.4) is 0 Å². The van der Waals surface area contributed by atoms with Crippen molar-refractivity contribution in [2.45, 2.75) is 5.03 Å². The van der Waals surface area contributed by atoms with Crippen LogP contribution in [0.4, 0.5) is 0 Å². The Balaban J connectivity index is 3.07. The number of pyridine rings is 1. The van der Waals surface area contributed by atoms with Crippen LogP contribution in [0, 0.1) is 3.57 Å². The minimum Gasteiger partial charge on any atom is -0.301 e. The lowest BCUT2D eigenvalue weighted by Gasteiger charge is -1.92. The minimum absolute atomic E-state index is 0.201. The summed E-state index contributed by atoms with van der Waals surface area (Å²) in [6, 6.07) is 3.33. The number of halogens is 1. The molecule has 1 aromatic rings. The van der Waals surface area contributed by atoms with Crippen LogP contribution in [0.2, 0.25) is 0 Å². The van der Waals surface area contributed by atoms with Gasteiger partial charge in [-0.25, -0.2) is 9.19 Å². The SMILES string of the molecule is O=S(O)c1cc(I)ccn1. The summed E-state index contributed by atoms with van der Waals surface area (Å²) in [5, 5.41) is 0.201. The molecule has 1 N–H and O–H groups in total. The zero-order valence-corrected chi connectivity index (χ0v) is 7.79. The Morgan fingerprint density at radius 1 is 1.70 bits per heavy atom. The predicted molar refractivity (Wildman–Crippen MR) is 46.0 cm³/mol. The van der Waals surface area contributed by atoms with Crippen LogP contribution in [0.5, 0.6) is 0 Å². The Kier molecular flexibility index (Phi) is 2.75. The van der Waals surface area contributed by atoms with E-state index in [2.05, 4.69) is 27.6 Å². The van der Waals surface area contributed by atoms with Crippen LogP contribution < -0.4 is 0 Å². The first-order valence-corrected chi connectivity index (χ1v) is 4.61. The normalized spacial score (nSPS) is 13.0. The summed E-state index contributed by atoms with van der Waals surface area (Å²) in [5.41, 5.74) is 0. The summed E-state index contributed by atoms with van der Waals surface area (Å²) >= 11 is 0.0981. The number of hydrogen-bond acceptors (Lipinski definition) is 2. The van der Waals surface area contributed by atoms with Gasteiger partial charge in [0.15, 0.2) is 5.03 Å². The smallest absolute Gasteiger partial charge is 0.205 e. The van der Waals surface area contributed by atoms with E-state index in [1.54, 1.807) is 12.1 Å². The average molecular weight is 269 g/mol. The van der Waals surface area contributed by atoms with Gasteiger partial charge in [0, 0.05) is 9.77 Å². The van der Waals surface area contributed by atoms with Crippen LogP contribution in [-0.2, 0) is 11.1 Å². The zero-order valence-electron chi connectivity index (χ0n) is 4.82. The van der Waals surface area contributed by atoms with Crippen molar-refractivity contribution in [3.63, 3.8) is 0 Å². The van der Waals surface area contributed by atoms with Crippen LogP contribution >= 0.6 is 22.6 Å². The van der Waals surface area contributed by atoms with Gasteiger partial charge in [0.05, 0.1) is 0 Å². The molecule has 0 spiro atoms. The summed E-state index contributed by atoms with van der Waals surface area (Å²) in [4.78, 5) is 3.68. The molecular formula is C5H4INO2S. The molecule has 1 atom stereocenters. The standard InChI is InChI=1S/C5H4INO2S/c6-4-1-2-7-5(3-4)10(8)9/h1-3H,(H,8,9). The summed E-state index contributed by atoms with van der Waals surface area (Å²) in [6.07, 6.45) is 1.51. The second-order valence-corrected chi connectivity index (χ2v) is 3.72. The lowest BCUT2D eigenvalue weighted by atomic mass is 10.5. The van der Waals surface area contributed by atoms with Crippen molar-refractivity contribution in [2.24, 2.45) is 0 Å². The first-order valence-electron chi connectivity index (χ1n) is 2.42. The fourth-order valence-corrected chi connectivity index (χ4v) is 1.53. The van der Waals surface area contributed by atoms with Crippen molar-refractivity contribution >= 4 is 33.7 Å². The van der Waals surface area contributed by atoms with Gasteiger partial charge in [0.1, 0.15) is 0 Å². The Hall–Kier alpha value is -0.0100. The fourth-order valence-electron chi connectivity index (χ4n) is 0.481. The molecule has 0 aromatic carbocycles.